The molecule has 0 fully saturated rings. The van der Waals surface area contributed by atoms with E-state index in [0.29, 0.717) is 12.5 Å². The summed E-state index contributed by atoms with van der Waals surface area (Å²) in [7, 11) is -3.42. The van der Waals surface area contributed by atoms with Gasteiger partial charge in [0.2, 0.25) is 10.0 Å². The molecule has 0 saturated carbocycles. The van der Waals surface area contributed by atoms with Gasteiger partial charge in [0.05, 0.1) is 11.8 Å². The summed E-state index contributed by atoms with van der Waals surface area (Å²) in [6, 6.07) is 9.48. The fraction of sp³-hybridized carbons (Fsp3) is 0.500. The molecule has 0 heterocycles. The first-order chi connectivity index (χ1) is 8.90. The number of sulfonamides is 1. The zero-order chi connectivity index (χ0) is 14.5. The van der Waals surface area contributed by atoms with Gasteiger partial charge in [-0.2, -0.15) is 9.57 Å². The lowest BCUT2D eigenvalue weighted by Crippen LogP contribution is -2.32. The molecular weight excluding hydrogens is 260 g/mol. The van der Waals surface area contributed by atoms with Crippen molar-refractivity contribution in [2.75, 3.05) is 13.1 Å². The summed E-state index contributed by atoms with van der Waals surface area (Å²) < 4.78 is 25.6. The Morgan fingerprint density at radius 1 is 1.37 bits per heavy atom. The molecule has 104 valence electrons. The molecule has 0 N–H and O–H groups in total. The summed E-state index contributed by atoms with van der Waals surface area (Å²) in [6.45, 7) is 6.10. The summed E-state index contributed by atoms with van der Waals surface area (Å²) in [5.74, 6) is 0.312. The summed E-state index contributed by atoms with van der Waals surface area (Å²) >= 11 is 0. The van der Waals surface area contributed by atoms with Crippen molar-refractivity contribution in [1.82, 2.24) is 4.31 Å². The van der Waals surface area contributed by atoms with Crippen LogP contribution in [0.5, 0.6) is 0 Å². The van der Waals surface area contributed by atoms with Crippen molar-refractivity contribution in [3.8, 4) is 6.07 Å². The van der Waals surface area contributed by atoms with E-state index in [-0.39, 0.29) is 12.3 Å². The number of hydrogen-bond acceptors (Lipinski definition) is 3. The Balaban J connectivity index is 2.95. The van der Waals surface area contributed by atoms with Crippen LogP contribution in [-0.4, -0.2) is 25.8 Å². The summed E-state index contributed by atoms with van der Waals surface area (Å²) in [5.41, 5.74) is 1.89. The van der Waals surface area contributed by atoms with Gasteiger partial charge >= 0.3 is 0 Å². The summed E-state index contributed by atoms with van der Waals surface area (Å²) in [5, 5.41) is 8.66. The Morgan fingerprint density at radius 2 is 2.05 bits per heavy atom. The van der Waals surface area contributed by atoms with Crippen LogP contribution in [0.1, 0.15) is 37.8 Å². The van der Waals surface area contributed by atoms with Gasteiger partial charge in [0.1, 0.15) is 6.54 Å². The van der Waals surface area contributed by atoms with Gasteiger partial charge in [-0.3, -0.25) is 0 Å². The lowest BCUT2D eigenvalue weighted by Gasteiger charge is -2.17. The fourth-order valence-electron chi connectivity index (χ4n) is 1.83. The number of nitrogens with zero attached hydrogens (tertiary/aromatic N) is 2. The van der Waals surface area contributed by atoms with Crippen molar-refractivity contribution in [3.05, 3.63) is 35.4 Å². The zero-order valence-electron chi connectivity index (χ0n) is 11.6. The van der Waals surface area contributed by atoms with Crippen molar-refractivity contribution in [1.29, 1.82) is 5.26 Å². The predicted octanol–water partition coefficient (Wildman–Crippen LogP) is 2.49. The normalized spacial score (nSPS) is 11.8. The first-order valence-corrected chi connectivity index (χ1v) is 7.95. The second kappa shape index (κ2) is 6.69. The minimum atomic E-state index is -3.42. The van der Waals surface area contributed by atoms with E-state index in [1.807, 2.05) is 30.3 Å². The molecule has 0 spiro atoms. The van der Waals surface area contributed by atoms with Crippen LogP contribution >= 0.6 is 0 Å². The van der Waals surface area contributed by atoms with Crippen molar-refractivity contribution < 1.29 is 8.42 Å². The largest absolute Gasteiger partial charge is 0.219 e. The van der Waals surface area contributed by atoms with Gasteiger partial charge in [0, 0.05) is 6.54 Å². The lowest BCUT2D eigenvalue weighted by molar-refractivity contribution is 0.462. The molecule has 0 bridgehead atoms. The van der Waals surface area contributed by atoms with E-state index in [1.165, 1.54) is 4.31 Å². The van der Waals surface area contributed by atoms with Crippen molar-refractivity contribution in [3.63, 3.8) is 0 Å². The molecular formula is C14H20N2O2S. The molecule has 0 saturated heterocycles. The van der Waals surface area contributed by atoms with Crippen LogP contribution in [0.2, 0.25) is 0 Å². The van der Waals surface area contributed by atoms with Crippen LogP contribution in [0.4, 0.5) is 0 Å². The average Bonchev–Trinajstić information content (AvgIpc) is 2.35. The second-order valence-electron chi connectivity index (χ2n) is 4.74. The maximum atomic E-state index is 12.2. The van der Waals surface area contributed by atoms with E-state index in [1.54, 1.807) is 6.92 Å². The highest BCUT2D eigenvalue weighted by molar-refractivity contribution is 7.88. The third kappa shape index (κ3) is 4.34. The average molecular weight is 280 g/mol. The summed E-state index contributed by atoms with van der Waals surface area (Å²) in [4.78, 5) is 0. The fourth-order valence-corrected chi connectivity index (χ4v) is 3.26. The first kappa shape index (κ1) is 15.7. The van der Waals surface area contributed by atoms with Crippen molar-refractivity contribution in [2.45, 2.75) is 32.4 Å². The van der Waals surface area contributed by atoms with Gasteiger partial charge < -0.3 is 0 Å². The van der Waals surface area contributed by atoms with Crippen molar-refractivity contribution in [2.24, 2.45) is 0 Å². The monoisotopic (exact) mass is 280 g/mol. The molecule has 0 aliphatic heterocycles. The van der Waals surface area contributed by atoms with Crippen LogP contribution in [0.3, 0.4) is 0 Å². The number of hydrogen-bond donors (Lipinski definition) is 0. The summed E-state index contributed by atoms with van der Waals surface area (Å²) in [6.07, 6.45) is 0. The molecule has 1 aromatic carbocycles. The Kier molecular flexibility index (Phi) is 5.52. The molecule has 1 rings (SSSR count). The Bertz CT molecular complexity index is 559. The predicted molar refractivity (Wildman–Crippen MR) is 76.0 cm³/mol. The highest BCUT2D eigenvalue weighted by Crippen LogP contribution is 2.18. The maximum absolute atomic E-state index is 12.2. The molecule has 19 heavy (non-hydrogen) atoms. The van der Waals surface area contributed by atoms with Gasteiger partial charge in [-0.05, 0) is 17.0 Å². The van der Waals surface area contributed by atoms with E-state index in [0.717, 1.165) is 11.1 Å². The molecule has 5 heteroatoms. The van der Waals surface area contributed by atoms with Crippen LogP contribution in [0, 0.1) is 11.3 Å². The minimum Gasteiger partial charge on any atom is -0.212 e. The molecule has 0 atom stereocenters. The Morgan fingerprint density at radius 3 is 2.58 bits per heavy atom. The topological polar surface area (TPSA) is 61.2 Å². The highest BCUT2D eigenvalue weighted by atomic mass is 32.2. The van der Waals surface area contributed by atoms with Crippen molar-refractivity contribution >= 4 is 10.0 Å². The zero-order valence-corrected chi connectivity index (χ0v) is 12.4. The van der Waals surface area contributed by atoms with Gasteiger partial charge in [-0.15, -0.1) is 0 Å². The molecule has 0 aliphatic rings. The second-order valence-corrected chi connectivity index (χ2v) is 6.71. The molecule has 0 amide bonds. The standard InChI is InChI=1S/C14H20N2O2S/c1-4-16(9-8-15)19(17,18)11-13-6-5-7-14(10-13)12(2)3/h5-7,10,12H,4,9,11H2,1-3H3. The minimum absolute atomic E-state index is 0.0525. The van der Waals surface area contributed by atoms with Crippen LogP contribution in [0.15, 0.2) is 24.3 Å². The number of benzene rings is 1. The quantitative estimate of drug-likeness (QED) is 0.752. The Hall–Kier alpha value is -1.38. The third-order valence-electron chi connectivity index (χ3n) is 2.96. The molecule has 1 aromatic rings. The Labute approximate surface area is 115 Å². The first-order valence-electron chi connectivity index (χ1n) is 6.34. The highest BCUT2D eigenvalue weighted by Gasteiger charge is 2.20. The smallest absolute Gasteiger partial charge is 0.212 e. The van der Waals surface area contributed by atoms with Crippen LogP contribution in [0.25, 0.3) is 0 Å². The van der Waals surface area contributed by atoms with Gasteiger partial charge in [-0.1, -0.05) is 45.0 Å². The molecule has 0 aromatic heterocycles. The maximum Gasteiger partial charge on any atom is 0.219 e. The molecule has 0 aliphatic carbocycles. The lowest BCUT2D eigenvalue weighted by atomic mass is 10.0. The third-order valence-corrected chi connectivity index (χ3v) is 4.83. The molecule has 4 nitrogen and oxygen atoms in total. The van der Waals surface area contributed by atoms with E-state index < -0.39 is 10.0 Å². The van der Waals surface area contributed by atoms with Gasteiger partial charge in [0.25, 0.3) is 0 Å². The van der Waals surface area contributed by atoms with E-state index in [4.69, 9.17) is 5.26 Å². The van der Waals surface area contributed by atoms with Gasteiger partial charge in [0.15, 0.2) is 0 Å². The SMILES string of the molecule is CCN(CC#N)S(=O)(=O)Cc1cccc(C(C)C)c1. The van der Waals surface area contributed by atoms with E-state index in [9.17, 15) is 8.42 Å². The van der Waals surface area contributed by atoms with E-state index in [2.05, 4.69) is 13.8 Å². The van der Waals surface area contributed by atoms with Crippen LogP contribution in [-0.2, 0) is 15.8 Å². The van der Waals surface area contributed by atoms with Gasteiger partial charge in [-0.25, -0.2) is 8.42 Å². The van der Waals surface area contributed by atoms with E-state index >= 15 is 0 Å². The molecule has 0 unspecified atom stereocenters. The van der Waals surface area contributed by atoms with Crippen LogP contribution < -0.4 is 0 Å². The number of rotatable bonds is 6. The molecule has 0 radical (unpaired) electrons. The number of nitriles is 1.